The molecule has 1 aliphatic rings. The minimum atomic E-state index is -1.17. The lowest BCUT2D eigenvalue weighted by Gasteiger charge is -2.33. The van der Waals surface area contributed by atoms with Crippen LogP contribution in [0, 0.1) is 15.5 Å². The third-order valence-electron chi connectivity index (χ3n) is 2.40. The summed E-state index contributed by atoms with van der Waals surface area (Å²) in [5, 5.41) is 11.4. The van der Waals surface area contributed by atoms with E-state index >= 15 is 0 Å². The van der Waals surface area contributed by atoms with Gasteiger partial charge in [-0.2, -0.15) is 0 Å². The Kier molecular flexibility index (Phi) is 3.43. The van der Waals surface area contributed by atoms with Crippen molar-refractivity contribution in [2.45, 2.75) is 13.8 Å². The van der Waals surface area contributed by atoms with Crippen LogP contribution in [-0.4, -0.2) is 18.1 Å². The molecule has 0 saturated carbocycles. The Balaban J connectivity index is 2.13. The highest BCUT2D eigenvalue weighted by Crippen LogP contribution is 2.45. The first-order chi connectivity index (χ1) is 7.98. The molecule has 0 unspecified atom stereocenters. The van der Waals surface area contributed by atoms with Crippen molar-refractivity contribution in [3.05, 3.63) is 34.4 Å². The quantitative estimate of drug-likeness (QED) is 0.463. The molecule has 1 saturated heterocycles. The number of nitro benzene ring substituents is 1. The number of rotatable bonds is 2. The predicted molar refractivity (Wildman–Crippen MR) is 65.3 cm³/mol. The molecule has 0 aliphatic carbocycles. The lowest BCUT2D eigenvalue weighted by atomic mass is 9.97. The van der Waals surface area contributed by atoms with Crippen molar-refractivity contribution < 1.29 is 14.0 Å². The van der Waals surface area contributed by atoms with Gasteiger partial charge in [0, 0.05) is 22.9 Å². The Morgan fingerprint density at radius 1 is 1.35 bits per heavy atom. The third-order valence-corrected chi connectivity index (χ3v) is 3.82. The molecule has 0 atom stereocenters. The molecular weight excluding hydrogens is 241 g/mol. The molecule has 0 bridgehead atoms. The molecule has 92 valence electrons. The van der Waals surface area contributed by atoms with Crippen LogP contribution in [0.2, 0.25) is 0 Å². The average molecular weight is 255 g/mol. The highest BCUT2D eigenvalue weighted by molar-refractivity contribution is 7.56. The zero-order valence-electron chi connectivity index (χ0n) is 9.75. The molecule has 0 spiro atoms. The number of nitrogens with zero attached hydrogens (tertiary/aromatic N) is 1. The fraction of sp³-hybridized carbons (Fsp3) is 0.455. The van der Waals surface area contributed by atoms with Gasteiger partial charge in [-0.3, -0.25) is 10.1 Å². The molecule has 1 aromatic carbocycles. The zero-order chi connectivity index (χ0) is 12.5. The second-order valence-electron chi connectivity index (χ2n) is 4.75. The van der Waals surface area contributed by atoms with Crippen LogP contribution in [0.25, 0.3) is 0 Å². The lowest BCUT2D eigenvalue weighted by Crippen LogP contribution is -2.30. The van der Waals surface area contributed by atoms with E-state index in [1.807, 2.05) is 0 Å². The Morgan fingerprint density at radius 2 is 2.00 bits per heavy atom. The molecule has 5 nitrogen and oxygen atoms in total. The summed E-state index contributed by atoms with van der Waals surface area (Å²) in [7, 11) is -1.17. The Morgan fingerprint density at radius 3 is 2.59 bits per heavy atom. The van der Waals surface area contributed by atoms with E-state index in [4.69, 9.17) is 9.05 Å². The van der Waals surface area contributed by atoms with E-state index in [9.17, 15) is 10.1 Å². The third kappa shape index (κ3) is 3.00. The van der Waals surface area contributed by atoms with Crippen LogP contribution < -0.4 is 5.30 Å². The van der Waals surface area contributed by atoms with E-state index in [-0.39, 0.29) is 11.1 Å². The molecule has 1 aliphatic heterocycles. The lowest BCUT2D eigenvalue weighted by molar-refractivity contribution is -0.384. The monoisotopic (exact) mass is 255 g/mol. The van der Waals surface area contributed by atoms with Crippen LogP contribution in [0.3, 0.4) is 0 Å². The van der Waals surface area contributed by atoms with E-state index in [0.717, 1.165) is 5.30 Å². The van der Waals surface area contributed by atoms with Gasteiger partial charge >= 0.3 is 0 Å². The first-order valence-electron chi connectivity index (χ1n) is 5.28. The fourth-order valence-corrected chi connectivity index (χ4v) is 3.17. The summed E-state index contributed by atoms with van der Waals surface area (Å²) in [5.41, 5.74) is 0.0848. The summed E-state index contributed by atoms with van der Waals surface area (Å²) >= 11 is 0. The van der Waals surface area contributed by atoms with E-state index < -0.39 is 13.3 Å². The number of nitro groups is 1. The minimum absolute atomic E-state index is 0.0134. The van der Waals surface area contributed by atoms with E-state index in [1.54, 1.807) is 12.1 Å². The van der Waals surface area contributed by atoms with Crippen LogP contribution >= 0.6 is 8.38 Å². The van der Waals surface area contributed by atoms with Gasteiger partial charge in [-0.15, -0.1) is 0 Å². The van der Waals surface area contributed by atoms with Crippen LogP contribution in [0.4, 0.5) is 5.69 Å². The summed E-state index contributed by atoms with van der Waals surface area (Å²) in [4.78, 5) is 10.3. The summed E-state index contributed by atoms with van der Waals surface area (Å²) < 4.78 is 11.3. The van der Waals surface area contributed by atoms with Gasteiger partial charge in [0.25, 0.3) is 5.69 Å². The summed E-state index contributed by atoms with van der Waals surface area (Å²) in [6.45, 7) is 5.35. The van der Waals surface area contributed by atoms with Gasteiger partial charge in [-0.05, 0) is 6.07 Å². The van der Waals surface area contributed by atoms with Gasteiger partial charge in [0.1, 0.15) is 0 Å². The number of hydrogen-bond acceptors (Lipinski definition) is 4. The van der Waals surface area contributed by atoms with E-state index in [2.05, 4.69) is 13.8 Å². The average Bonchev–Trinajstić information content (AvgIpc) is 2.29. The van der Waals surface area contributed by atoms with E-state index in [0.29, 0.717) is 13.2 Å². The van der Waals surface area contributed by atoms with Crippen molar-refractivity contribution in [1.29, 1.82) is 0 Å². The standard InChI is InChI=1S/C11H14NO4P/c1-11(2)7-15-17(16-8-11)10-5-3-4-9(6-10)12(13)14/h3-6H,7-8H2,1-2H3. The van der Waals surface area contributed by atoms with E-state index in [1.165, 1.54) is 12.1 Å². The summed E-state index contributed by atoms with van der Waals surface area (Å²) in [5.74, 6) is 0. The summed E-state index contributed by atoms with van der Waals surface area (Å²) in [6.07, 6.45) is 0. The SMILES string of the molecule is CC1(C)COP(c2cccc([N+](=O)[O-])c2)OC1. The zero-order valence-corrected chi connectivity index (χ0v) is 10.6. The molecule has 1 aromatic rings. The van der Waals surface area contributed by atoms with Crippen molar-refractivity contribution in [3.63, 3.8) is 0 Å². The maximum Gasteiger partial charge on any atom is 0.270 e. The van der Waals surface area contributed by atoms with Crippen molar-refractivity contribution in [2.75, 3.05) is 13.2 Å². The molecule has 6 heteroatoms. The number of benzene rings is 1. The molecule has 0 N–H and O–H groups in total. The molecular formula is C11H14NO4P. The molecule has 1 fully saturated rings. The normalized spacial score (nSPS) is 20.1. The van der Waals surface area contributed by atoms with Gasteiger partial charge in [-0.25, -0.2) is 0 Å². The maximum atomic E-state index is 10.7. The Labute approximate surface area is 101 Å². The Bertz CT molecular complexity index is 425. The van der Waals surface area contributed by atoms with Gasteiger partial charge in [0.2, 0.25) is 8.38 Å². The van der Waals surface area contributed by atoms with Crippen LogP contribution in [0.15, 0.2) is 24.3 Å². The first kappa shape index (κ1) is 12.4. The van der Waals surface area contributed by atoms with Gasteiger partial charge in [0.15, 0.2) is 0 Å². The fourth-order valence-electron chi connectivity index (χ4n) is 1.41. The van der Waals surface area contributed by atoms with Crippen molar-refractivity contribution in [1.82, 2.24) is 0 Å². The van der Waals surface area contributed by atoms with Gasteiger partial charge in [-0.1, -0.05) is 19.9 Å². The first-order valence-corrected chi connectivity index (χ1v) is 6.46. The molecule has 17 heavy (non-hydrogen) atoms. The van der Waals surface area contributed by atoms with Crippen molar-refractivity contribution in [2.24, 2.45) is 5.41 Å². The highest BCUT2D eigenvalue weighted by atomic mass is 31.2. The molecule has 1 heterocycles. The molecule has 2 rings (SSSR count). The maximum absolute atomic E-state index is 10.7. The Hall–Kier alpha value is -1.03. The molecule has 0 radical (unpaired) electrons. The smallest absolute Gasteiger partial charge is 0.270 e. The second-order valence-corrected chi connectivity index (χ2v) is 6.29. The second kappa shape index (κ2) is 4.69. The van der Waals surface area contributed by atoms with Gasteiger partial charge < -0.3 is 9.05 Å². The largest absolute Gasteiger partial charge is 0.330 e. The van der Waals surface area contributed by atoms with Crippen LogP contribution in [0.5, 0.6) is 0 Å². The predicted octanol–water partition coefficient (Wildman–Crippen LogP) is 2.61. The number of hydrogen-bond donors (Lipinski definition) is 0. The van der Waals surface area contributed by atoms with Crippen LogP contribution in [0.1, 0.15) is 13.8 Å². The highest BCUT2D eigenvalue weighted by Gasteiger charge is 2.30. The van der Waals surface area contributed by atoms with Crippen molar-refractivity contribution in [3.8, 4) is 0 Å². The molecule has 0 amide bonds. The minimum Gasteiger partial charge on any atom is -0.330 e. The van der Waals surface area contributed by atoms with Crippen molar-refractivity contribution >= 4 is 19.4 Å². The molecule has 0 aromatic heterocycles. The van der Waals surface area contributed by atoms with Gasteiger partial charge in [0.05, 0.1) is 18.1 Å². The number of non-ortho nitro benzene ring substituents is 1. The topological polar surface area (TPSA) is 61.6 Å². The van der Waals surface area contributed by atoms with Crippen LogP contribution in [-0.2, 0) is 9.05 Å². The summed E-state index contributed by atoms with van der Waals surface area (Å²) in [6, 6.07) is 6.44.